The molecule has 8 heteroatoms. The zero-order valence-electron chi connectivity index (χ0n) is 13.9. The molecule has 0 aliphatic rings. The van der Waals surface area contributed by atoms with Crippen LogP contribution in [0.2, 0.25) is 0 Å². The average Bonchev–Trinajstić information content (AvgIpc) is 2.64. The second kappa shape index (κ2) is 8.20. The molecule has 0 unspecified atom stereocenters. The minimum absolute atomic E-state index is 0.0626. The Morgan fingerprint density at radius 3 is 2.62 bits per heavy atom. The molecule has 0 fully saturated rings. The van der Waals surface area contributed by atoms with Gasteiger partial charge in [0.05, 0.1) is 18.0 Å². The maximum absolute atomic E-state index is 14.1. The summed E-state index contributed by atoms with van der Waals surface area (Å²) < 4.78 is 14.8. The number of pyridine rings is 1. The van der Waals surface area contributed by atoms with Crippen LogP contribution in [0.25, 0.3) is 11.3 Å². The Kier molecular flexibility index (Phi) is 5.75. The van der Waals surface area contributed by atoms with E-state index in [1.54, 1.807) is 30.6 Å². The predicted octanol–water partition coefficient (Wildman–Crippen LogP) is 3.98. The molecule has 0 saturated carbocycles. The maximum Gasteiger partial charge on any atom is 0.225 e. The number of nitrogens with one attached hydrogen (secondary N) is 2. The van der Waals surface area contributed by atoms with Gasteiger partial charge in [0.15, 0.2) is 0 Å². The maximum atomic E-state index is 14.1. The van der Waals surface area contributed by atoms with E-state index in [0.29, 0.717) is 27.6 Å². The molecule has 1 atom stereocenters. The molecule has 0 amide bonds. The van der Waals surface area contributed by atoms with Crippen LogP contribution in [-0.2, 0) is 0 Å². The number of nitrogens with zero attached hydrogens (tertiary/aromatic N) is 3. The standard InChI is InChI=1S/C18H17BrFN5O/c1-11(10-26)22-18-24-16(12-4-6-21-7-5-12)9-17(25-18)23-15-3-2-13(19)8-14(15)20/h2-9,11,26H,10H2,1H3,(H2,22,23,24,25)/t11-/m1/s1. The molecule has 0 aliphatic carbocycles. The highest BCUT2D eigenvalue weighted by Crippen LogP contribution is 2.26. The SMILES string of the molecule is C[C@H](CO)Nc1nc(Nc2ccc(Br)cc2F)cc(-c2ccncc2)n1. The van der Waals surface area contributed by atoms with Gasteiger partial charge < -0.3 is 15.7 Å². The Morgan fingerprint density at radius 2 is 1.92 bits per heavy atom. The number of anilines is 3. The minimum atomic E-state index is -0.401. The number of hydrogen-bond donors (Lipinski definition) is 3. The Labute approximate surface area is 158 Å². The van der Waals surface area contributed by atoms with Gasteiger partial charge in [-0.25, -0.2) is 9.37 Å². The normalized spacial score (nSPS) is 11.8. The van der Waals surface area contributed by atoms with Gasteiger partial charge in [-0.2, -0.15) is 4.98 Å². The van der Waals surface area contributed by atoms with E-state index in [0.717, 1.165) is 5.56 Å². The number of halogens is 2. The van der Waals surface area contributed by atoms with Crippen LogP contribution < -0.4 is 10.6 Å². The summed E-state index contributed by atoms with van der Waals surface area (Å²) >= 11 is 3.24. The Morgan fingerprint density at radius 1 is 1.15 bits per heavy atom. The van der Waals surface area contributed by atoms with Gasteiger partial charge in [0.1, 0.15) is 11.6 Å². The second-order valence-corrected chi connectivity index (χ2v) is 6.59. The fourth-order valence-electron chi connectivity index (χ4n) is 2.24. The van der Waals surface area contributed by atoms with Crippen molar-refractivity contribution in [3.63, 3.8) is 0 Å². The molecular formula is C18H17BrFN5O. The van der Waals surface area contributed by atoms with Crippen LogP contribution in [0.1, 0.15) is 6.92 Å². The van der Waals surface area contributed by atoms with Gasteiger partial charge in [0.25, 0.3) is 0 Å². The number of aliphatic hydroxyl groups is 1. The van der Waals surface area contributed by atoms with Crippen LogP contribution in [0.4, 0.5) is 21.8 Å². The first-order valence-corrected chi connectivity index (χ1v) is 8.73. The summed E-state index contributed by atoms with van der Waals surface area (Å²) in [6, 6.07) is 9.89. The zero-order chi connectivity index (χ0) is 18.5. The van der Waals surface area contributed by atoms with Crippen molar-refractivity contribution >= 4 is 33.4 Å². The fourth-order valence-corrected chi connectivity index (χ4v) is 2.57. The van der Waals surface area contributed by atoms with E-state index in [1.165, 1.54) is 6.07 Å². The van der Waals surface area contributed by atoms with Crippen molar-refractivity contribution in [3.05, 3.63) is 59.1 Å². The first kappa shape index (κ1) is 18.2. The Balaban J connectivity index is 1.98. The summed E-state index contributed by atoms with van der Waals surface area (Å²) in [7, 11) is 0. The summed E-state index contributed by atoms with van der Waals surface area (Å²) in [5.41, 5.74) is 1.80. The second-order valence-electron chi connectivity index (χ2n) is 5.68. The van der Waals surface area contributed by atoms with E-state index in [2.05, 4.69) is 41.5 Å². The molecule has 26 heavy (non-hydrogen) atoms. The molecule has 3 aromatic rings. The molecule has 3 rings (SSSR count). The first-order valence-electron chi connectivity index (χ1n) is 7.94. The van der Waals surface area contributed by atoms with E-state index in [4.69, 9.17) is 0 Å². The summed E-state index contributed by atoms with van der Waals surface area (Å²) in [4.78, 5) is 12.8. The third-order valence-electron chi connectivity index (χ3n) is 3.55. The smallest absolute Gasteiger partial charge is 0.225 e. The molecule has 1 aromatic carbocycles. The molecule has 0 bridgehead atoms. The van der Waals surface area contributed by atoms with Gasteiger partial charge in [-0.1, -0.05) is 15.9 Å². The van der Waals surface area contributed by atoms with Crippen molar-refractivity contribution in [2.75, 3.05) is 17.2 Å². The van der Waals surface area contributed by atoms with E-state index in [-0.39, 0.29) is 12.6 Å². The third kappa shape index (κ3) is 4.53. The van der Waals surface area contributed by atoms with Gasteiger partial charge >= 0.3 is 0 Å². The largest absolute Gasteiger partial charge is 0.394 e. The van der Waals surface area contributed by atoms with Crippen LogP contribution in [-0.4, -0.2) is 32.7 Å². The van der Waals surface area contributed by atoms with E-state index in [9.17, 15) is 9.50 Å². The van der Waals surface area contributed by atoms with Crippen molar-refractivity contribution in [3.8, 4) is 11.3 Å². The lowest BCUT2D eigenvalue weighted by Crippen LogP contribution is -2.21. The molecule has 0 spiro atoms. The van der Waals surface area contributed by atoms with Crippen molar-refractivity contribution < 1.29 is 9.50 Å². The Hall–Kier alpha value is -2.58. The van der Waals surface area contributed by atoms with Gasteiger partial charge in [-0.05, 0) is 37.3 Å². The minimum Gasteiger partial charge on any atom is -0.394 e. The molecule has 134 valence electrons. The Bertz CT molecular complexity index is 894. The summed E-state index contributed by atoms with van der Waals surface area (Å²) in [6.45, 7) is 1.75. The number of aromatic nitrogens is 3. The number of rotatable bonds is 6. The molecule has 2 heterocycles. The number of benzene rings is 1. The number of hydrogen-bond acceptors (Lipinski definition) is 6. The topological polar surface area (TPSA) is 83.0 Å². The molecular weight excluding hydrogens is 401 g/mol. The van der Waals surface area contributed by atoms with Crippen molar-refractivity contribution in [1.82, 2.24) is 15.0 Å². The highest BCUT2D eigenvalue weighted by Gasteiger charge is 2.11. The summed E-state index contributed by atoms with van der Waals surface area (Å²) in [6.07, 6.45) is 3.34. The lowest BCUT2D eigenvalue weighted by atomic mass is 10.2. The van der Waals surface area contributed by atoms with Crippen LogP contribution in [0.15, 0.2) is 53.3 Å². The highest BCUT2D eigenvalue weighted by molar-refractivity contribution is 9.10. The highest BCUT2D eigenvalue weighted by atomic mass is 79.9. The van der Waals surface area contributed by atoms with E-state index < -0.39 is 5.82 Å². The third-order valence-corrected chi connectivity index (χ3v) is 4.04. The average molecular weight is 418 g/mol. The molecule has 6 nitrogen and oxygen atoms in total. The van der Waals surface area contributed by atoms with Gasteiger partial charge in [-0.15, -0.1) is 0 Å². The van der Waals surface area contributed by atoms with Crippen LogP contribution >= 0.6 is 15.9 Å². The van der Waals surface area contributed by atoms with E-state index >= 15 is 0 Å². The van der Waals surface area contributed by atoms with Gasteiger partial charge in [-0.3, -0.25) is 4.98 Å². The molecule has 2 aromatic heterocycles. The number of aliphatic hydroxyl groups excluding tert-OH is 1. The van der Waals surface area contributed by atoms with Gasteiger partial charge in [0, 0.05) is 34.5 Å². The predicted molar refractivity (Wildman–Crippen MR) is 103 cm³/mol. The van der Waals surface area contributed by atoms with Crippen molar-refractivity contribution in [2.45, 2.75) is 13.0 Å². The lowest BCUT2D eigenvalue weighted by Gasteiger charge is -2.14. The van der Waals surface area contributed by atoms with Crippen LogP contribution in [0, 0.1) is 5.82 Å². The first-order chi connectivity index (χ1) is 12.5. The van der Waals surface area contributed by atoms with E-state index in [1.807, 2.05) is 19.1 Å². The van der Waals surface area contributed by atoms with Gasteiger partial charge in [0.2, 0.25) is 5.95 Å². The summed E-state index contributed by atoms with van der Waals surface area (Å²) in [5.74, 6) is 0.364. The fraction of sp³-hybridized carbons (Fsp3) is 0.167. The zero-order valence-corrected chi connectivity index (χ0v) is 15.5. The molecule has 0 saturated heterocycles. The van der Waals surface area contributed by atoms with Crippen LogP contribution in [0.3, 0.4) is 0 Å². The molecule has 0 radical (unpaired) electrons. The van der Waals surface area contributed by atoms with Crippen molar-refractivity contribution in [1.29, 1.82) is 0 Å². The van der Waals surface area contributed by atoms with Crippen molar-refractivity contribution in [2.24, 2.45) is 0 Å². The summed E-state index contributed by atoms with van der Waals surface area (Å²) in [5, 5.41) is 15.3. The quantitative estimate of drug-likeness (QED) is 0.562. The molecule has 0 aliphatic heterocycles. The van der Waals surface area contributed by atoms with Crippen LogP contribution in [0.5, 0.6) is 0 Å². The lowest BCUT2D eigenvalue weighted by molar-refractivity contribution is 0.281. The monoisotopic (exact) mass is 417 g/mol. The molecule has 3 N–H and O–H groups in total.